The van der Waals surface area contributed by atoms with Crippen LogP contribution in [0.5, 0.6) is 0 Å². The van der Waals surface area contributed by atoms with Crippen LogP contribution in [-0.2, 0) is 16.4 Å². The Balaban J connectivity index is 1.80. The van der Waals surface area contributed by atoms with Crippen molar-refractivity contribution in [3.63, 3.8) is 0 Å². The molecule has 6 nitrogen and oxygen atoms in total. The first-order valence-electron chi connectivity index (χ1n) is 8.82. The van der Waals surface area contributed by atoms with Crippen molar-refractivity contribution in [2.45, 2.75) is 17.4 Å². The van der Waals surface area contributed by atoms with Gasteiger partial charge in [-0.25, -0.2) is 13.4 Å². The summed E-state index contributed by atoms with van der Waals surface area (Å²) < 4.78 is 30.6. The highest BCUT2D eigenvalue weighted by atomic mass is 32.2. The molecule has 1 aliphatic rings. The van der Waals surface area contributed by atoms with Crippen molar-refractivity contribution in [3.05, 3.63) is 72.8 Å². The highest BCUT2D eigenvalue weighted by Gasteiger charge is 2.33. The van der Waals surface area contributed by atoms with Gasteiger partial charge in [0.1, 0.15) is 0 Å². The zero-order chi connectivity index (χ0) is 19.0. The number of fused-ring (bicyclic) bond motifs is 1. The van der Waals surface area contributed by atoms with E-state index in [0.29, 0.717) is 11.4 Å². The van der Waals surface area contributed by atoms with Gasteiger partial charge < -0.3 is 9.47 Å². The summed E-state index contributed by atoms with van der Waals surface area (Å²) in [6.07, 6.45) is 6.13. The van der Waals surface area contributed by atoms with Crippen molar-refractivity contribution in [2.75, 3.05) is 29.8 Å². The molecule has 27 heavy (non-hydrogen) atoms. The van der Waals surface area contributed by atoms with Crippen molar-refractivity contribution in [1.29, 1.82) is 0 Å². The van der Waals surface area contributed by atoms with Gasteiger partial charge in [0.05, 0.1) is 29.5 Å². The molecule has 0 spiro atoms. The molecular weight excluding hydrogens is 360 g/mol. The number of para-hydroxylation sites is 1. The number of aromatic nitrogens is 2. The molecule has 1 aromatic heterocycles. The molecule has 1 atom stereocenters. The van der Waals surface area contributed by atoms with Crippen LogP contribution in [0.3, 0.4) is 0 Å². The average molecular weight is 382 g/mol. The molecule has 140 valence electrons. The summed E-state index contributed by atoms with van der Waals surface area (Å²) in [6.45, 7) is 0.377. The fourth-order valence-electron chi connectivity index (χ4n) is 3.50. The molecule has 0 saturated heterocycles. The fraction of sp³-hybridized carbons (Fsp3) is 0.250. The molecule has 1 aliphatic heterocycles. The predicted molar refractivity (Wildman–Crippen MR) is 107 cm³/mol. The number of hydrogen-bond donors (Lipinski definition) is 0. The van der Waals surface area contributed by atoms with Crippen molar-refractivity contribution < 1.29 is 8.42 Å². The van der Waals surface area contributed by atoms with Gasteiger partial charge in [0, 0.05) is 32.2 Å². The van der Waals surface area contributed by atoms with Crippen LogP contribution < -0.4 is 9.21 Å². The number of nitrogens with zero attached hydrogens (tertiary/aromatic N) is 4. The second-order valence-electron chi connectivity index (χ2n) is 6.92. The van der Waals surface area contributed by atoms with Crippen molar-refractivity contribution in [1.82, 2.24) is 9.55 Å². The van der Waals surface area contributed by atoms with Gasteiger partial charge in [0.25, 0.3) is 10.0 Å². The molecule has 2 heterocycles. The van der Waals surface area contributed by atoms with Crippen molar-refractivity contribution in [2.24, 2.45) is 0 Å². The molecule has 4 rings (SSSR count). The lowest BCUT2D eigenvalue weighted by Crippen LogP contribution is -2.40. The van der Waals surface area contributed by atoms with Crippen LogP contribution in [0.25, 0.3) is 0 Å². The van der Waals surface area contributed by atoms with Gasteiger partial charge in [-0.2, -0.15) is 0 Å². The molecular formula is C20H22N4O2S. The summed E-state index contributed by atoms with van der Waals surface area (Å²) in [5.74, 6) is 0. The van der Waals surface area contributed by atoms with Gasteiger partial charge in [-0.05, 0) is 36.2 Å². The first kappa shape index (κ1) is 17.6. The first-order chi connectivity index (χ1) is 13.0. The number of anilines is 2. The molecule has 2 aromatic carbocycles. The maximum Gasteiger partial charge on any atom is 0.264 e. The third-order valence-electron chi connectivity index (χ3n) is 4.96. The summed E-state index contributed by atoms with van der Waals surface area (Å²) in [5.41, 5.74) is 2.63. The second-order valence-corrected chi connectivity index (χ2v) is 8.79. The van der Waals surface area contributed by atoms with Crippen molar-refractivity contribution in [3.8, 4) is 0 Å². The molecule has 0 N–H and O–H groups in total. The van der Waals surface area contributed by atoms with Gasteiger partial charge in [0.2, 0.25) is 0 Å². The van der Waals surface area contributed by atoms with E-state index < -0.39 is 10.0 Å². The van der Waals surface area contributed by atoms with Crippen molar-refractivity contribution >= 4 is 21.4 Å². The lowest BCUT2D eigenvalue weighted by atomic mass is 10.00. The SMILES string of the molecule is CN(C)c1cccc(S(=O)(=O)N2C[C@@H](n3ccnc3)Cc3ccccc32)c1. The molecule has 0 amide bonds. The van der Waals surface area contributed by atoms with Gasteiger partial charge in [-0.3, -0.25) is 4.31 Å². The fourth-order valence-corrected chi connectivity index (χ4v) is 5.08. The van der Waals surface area contributed by atoms with E-state index in [1.165, 1.54) is 4.31 Å². The van der Waals surface area contributed by atoms with E-state index in [1.807, 2.05) is 60.1 Å². The van der Waals surface area contributed by atoms with Crippen LogP contribution >= 0.6 is 0 Å². The van der Waals surface area contributed by atoms with Crippen LogP contribution in [0.1, 0.15) is 11.6 Å². The summed E-state index contributed by atoms with van der Waals surface area (Å²) in [7, 11) is 0.117. The van der Waals surface area contributed by atoms with E-state index in [9.17, 15) is 8.42 Å². The van der Waals surface area contributed by atoms with Crippen LogP contribution in [-0.4, -0.2) is 38.6 Å². The lowest BCUT2D eigenvalue weighted by Gasteiger charge is -2.35. The largest absolute Gasteiger partial charge is 0.378 e. The number of benzene rings is 2. The van der Waals surface area contributed by atoms with E-state index in [-0.39, 0.29) is 6.04 Å². The standard InChI is InChI=1S/C20H22N4O2S/c1-22(2)17-7-5-8-19(13-17)27(25,26)24-14-18(23-11-10-21-15-23)12-16-6-3-4-9-20(16)24/h3-11,13,15,18H,12,14H2,1-2H3/t18-/m0/s1. The normalized spacial score (nSPS) is 16.8. The minimum atomic E-state index is -3.68. The number of sulfonamides is 1. The Bertz CT molecular complexity index is 1050. The Hall–Kier alpha value is -2.80. The topological polar surface area (TPSA) is 58.4 Å². The molecule has 0 radical (unpaired) electrons. The van der Waals surface area contributed by atoms with E-state index in [1.54, 1.807) is 30.7 Å². The van der Waals surface area contributed by atoms with E-state index in [4.69, 9.17) is 0 Å². The maximum absolute atomic E-state index is 13.5. The van der Waals surface area contributed by atoms with E-state index in [0.717, 1.165) is 23.4 Å². The molecule has 0 fully saturated rings. The van der Waals surface area contributed by atoms with Gasteiger partial charge in [-0.1, -0.05) is 24.3 Å². The van der Waals surface area contributed by atoms with E-state index >= 15 is 0 Å². The molecule has 7 heteroatoms. The van der Waals surface area contributed by atoms with Crippen LogP contribution in [0.4, 0.5) is 11.4 Å². The Labute approximate surface area is 159 Å². The Morgan fingerprint density at radius 3 is 2.67 bits per heavy atom. The third-order valence-corrected chi connectivity index (χ3v) is 6.74. The summed E-state index contributed by atoms with van der Waals surface area (Å²) in [5, 5.41) is 0. The van der Waals surface area contributed by atoms with Gasteiger partial charge >= 0.3 is 0 Å². The Morgan fingerprint density at radius 2 is 1.93 bits per heavy atom. The lowest BCUT2D eigenvalue weighted by molar-refractivity contribution is 0.487. The quantitative estimate of drug-likeness (QED) is 0.696. The Kier molecular flexibility index (Phi) is 4.39. The molecule has 0 bridgehead atoms. The van der Waals surface area contributed by atoms with Gasteiger partial charge in [0.15, 0.2) is 0 Å². The average Bonchev–Trinajstić information content (AvgIpc) is 3.22. The first-order valence-corrected chi connectivity index (χ1v) is 10.3. The second kappa shape index (κ2) is 6.74. The zero-order valence-electron chi connectivity index (χ0n) is 15.4. The van der Waals surface area contributed by atoms with E-state index in [2.05, 4.69) is 4.98 Å². The Morgan fingerprint density at radius 1 is 1.11 bits per heavy atom. The smallest absolute Gasteiger partial charge is 0.264 e. The van der Waals surface area contributed by atoms with Crippen LogP contribution in [0, 0.1) is 0 Å². The predicted octanol–water partition coefficient (Wildman–Crippen LogP) is 2.94. The molecule has 3 aromatic rings. The summed E-state index contributed by atoms with van der Waals surface area (Å²) in [6, 6.07) is 14.8. The maximum atomic E-state index is 13.5. The molecule has 0 saturated carbocycles. The zero-order valence-corrected chi connectivity index (χ0v) is 16.2. The number of hydrogen-bond acceptors (Lipinski definition) is 4. The highest BCUT2D eigenvalue weighted by Crippen LogP contribution is 2.36. The monoisotopic (exact) mass is 382 g/mol. The minimum Gasteiger partial charge on any atom is -0.378 e. The van der Waals surface area contributed by atoms with Gasteiger partial charge in [-0.15, -0.1) is 0 Å². The summed E-state index contributed by atoms with van der Waals surface area (Å²) >= 11 is 0. The van der Waals surface area contributed by atoms with Crippen LogP contribution in [0.15, 0.2) is 72.1 Å². The highest BCUT2D eigenvalue weighted by molar-refractivity contribution is 7.92. The van der Waals surface area contributed by atoms with Crippen LogP contribution in [0.2, 0.25) is 0 Å². The third kappa shape index (κ3) is 3.19. The number of rotatable bonds is 4. The molecule has 0 unspecified atom stereocenters. The minimum absolute atomic E-state index is 0.00852. The molecule has 0 aliphatic carbocycles. The number of imidazole rings is 1. The summed E-state index contributed by atoms with van der Waals surface area (Å²) in [4.78, 5) is 6.32.